The molecule has 23 heavy (non-hydrogen) atoms. The zero-order valence-corrected chi connectivity index (χ0v) is 14.2. The topological polar surface area (TPSA) is 75.3 Å². The summed E-state index contributed by atoms with van der Waals surface area (Å²) in [7, 11) is -3.68. The minimum Gasteiger partial charge on any atom is -0.339 e. The van der Waals surface area contributed by atoms with Gasteiger partial charge in [-0.15, -0.1) is 11.8 Å². The van der Waals surface area contributed by atoms with Gasteiger partial charge in [0.05, 0.1) is 10.6 Å². The zero-order valence-electron chi connectivity index (χ0n) is 11.8. The standard InChI is InChI=1S/C15H13ClN2O3S2/c16-11-4-6-13(7-5-11)23(20,21)18-12-3-1-2-10(8-12)15-17-14(19)9-22-15/h1-8,15,18H,9H2,(H,17,19)/t15-/m1/s1. The maximum absolute atomic E-state index is 12.4. The van der Waals surface area contributed by atoms with Gasteiger partial charge in [-0.25, -0.2) is 8.42 Å². The van der Waals surface area contributed by atoms with Crippen LogP contribution in [0.15, 0.2) is 53.4 Å². The molecule has 0 unspecified atom stereocenters. The predicted molar refractivity (Wildman–Crippen MR) is 92.0 cm³/mol. The highest BCUT2D eigenvalue weighted by molar-refractivity contribution is 8.00. The second-order valence-corrected chi connectivity index (χ2v) is 8.16. The number of benzene rings is 2. The number of amides is 1. The van der Waals surface area contributed by atoms with E-state index >= 15 is 0 Å². The first-order chi connectivity index (χ1) is 10.9. The first kappa shape index (κ1) is 16.2. The van der Waals surface area contributed by atoms with E-state index < -0.39 is 10.0 Å². The normalized spacial score (nSPS) is 17.8. The average Bonchev–Trinajstić information content (AvgIpc) is 2.94. The van der Waals surface area contributed by atoms with Crippen LogP contribution in [0.4, 0.5) is 5.69 Å². The summed E-state index contributed by atoms with van der Waals surface area (Å²) in [6, 6.07) is 12.9. The monoisotopic (exact) mass is 368 g/mol. The quantitative estimate of drug-likeness (QED) is 0.869. The van der Waals surface area contributed by atoms with Gasteiger partial charge >= 0.3 is 0 Å². The molecule has 0 saturated carbocycles. The van der Waals surface area contributed by atoms with Crippen molar-refractivity contribution in [2.24, 2.45) is 0 Å². The van der Waals surface area contributed by atoms with Crippen molar-refractivity contribution < 1.29 is 13.2 Å². The van der Waals surface area contributed by atoms with Crippen molar-refractivity contribution in [2.45, 2.75) is 10.3 Å². The lowest BCUT2D eigenvalue weighted by Gasteiger charge is -2.13. The van der Waals surface area contributed by atoms with Crippen LogP contribution in [0.1, 0.15) is 10.9 Å². The van der Waals surface area contributed by atoms with Gasteiger partial charge in [0.1, 0.15) is 5.37 Å². The van der Waals surface area contributed by atoms with Gasteiger partial charge in [0.2, 0.25) is 5.91 Å². The first-order valence-corrected chi connectivity index (χ1v) is 9.64. The van der Waals surface area contributed by atoms with E-state index in [2.05, 4.69) is 10.0 Å². The first-order valence-electron chi connectivity index (χ1n) is 6.73. The van der Waals surface area contributed by atoms with Crippen molar-refractivity contribution >= 4 is 45.0 Å². The van der Waals surface area contributed by atoms with Crippen LogP contribution in [-0.2, 0) is 14.8 Å². The van der Waals surface area contributed by atoms with E-state index in [1.54, 1.807) is 18.2 Å². The Bertz CT molecular complexity index is 838. The Morgan fingerprint density at radius 3 is 2.57 bits per heavy atom. The van der Waals surface area contributed by atoms with E-state index in [4.69, 9.17) is 11.6 Å². The van der Waals surface area contributed by atoms with Crippen LogP contribution in [-0.4, -0.2) is 20.1 Å². The Kier molecular flexibility index (Phi) is 4.52. The predicted octanol–water partition coefficient (Wildman–Crippen LogP) is 3.00. The Labute approximate surface area is 143 Å². The van der Waals surface area contributed by atoms with E-state index in [0.29, 0.717) is 16.5 Å². The van der Waals surface area contributed by atoms with Gasteiger partial charge in [0.25, 0.3) is 10.0 Å². The van der Waals surface area contributed by atoms with E-state index in [0.717, 1.165) is 5.56 Å². The molecule has 1 aliphatic heterocycles. The maximum Gasteiger partial charge on any atom is 0.261 e. The maximum atomic E-state index is 12.4. The summed E-state index contributed by atoms with van der Waals surface area (Å²) in [5, 5.41) is 3.15. The van der Waals surface area contributed by atoms with E-state index in [1.807, 2.05) is 6.07 Å². The minimum atomic E-state index is -3.68. The molecule has 1 heterocycles. The summed E-state index contributed by atoms with van der Waals surface area (Å²) in [6.07, 6.45) is 0. The number of anilines is 1. The van der Waals surface area contributed by atoms with Gasteiger partial charge in [-0.05, 0) is 42.0 Å². The smallest absolute Gasteiger partial charge is 0.261 e. The van der Waals surface area contributed by atoms with Crippen LogP contribution < -0.4 is 10.0 Å². The molecular formula is C15H13ClN2O3S2. The molecule has 2 aromatic rings. The third kappa shape index (κ3) is 3.80. The Morgan fingerprint density at radius 2 is 1.91 bits per heavy atom. The lowest BCUT2D eigenvalue weighted by Crippen LogP contribution is -2.19. The average molecular weight is 369 g/mol. The molecule has 8 heteroatoms. The van der Waals surface area contributed by atoms with Crippen molar-refractivity contribution in [2.75, 3.05) is 10.5 Å². The molecule has 1 amide bonds. The summed E-state index contributed by atoms with van der Waals surface area (Å²) in [5.74, 6) is 0.387. The van der Waals surface area contributed by atoms with E-state index in [1.165, 1.54) is 36.0 Å². The van der Waals surface area contributed by atoms with Gasteiger partial charge in [-0.3, -0.25) is 9.52 Å². The lowest BCUT2D eigenvalue weighted by molar-refractivity contribution is -0.118. The highest BCUT2D eigenvalue weighted by Crippen LogP contribution is 2.32. The van der Waals surface area contributed by atoms with Crippen molar-refractivity contribution in [3.05, 3.63) is 59.1 Å². The van der Waals surface area contributed by atoms with Crippen LogP contribution in [0.3, 0.4) is 0 Å². The van der Waals surface area contributed by atoms with Crippen molar-refractivity contribution in [1.29, 1.82) is 0 Å². The molecular weight excluding hydrogens is 356 g/mol. The number of thioether (sulfide) groups is 1. The molecule has 3 rings (SSSR count). The van der Waals surface area contributed by atoms with Crippen LogP contribution in [0.2, 0.25) is 5.02 Å². The molecule has 1 fully saturated rings. The molecule has 5 nitrogen and oxygen atoms in total. The van der Waals surface area contributed by atoms with Crippen molar-refractivity contribution in [3.8, 4) is 0 Å². The summed E-state index contributed by atoms with van der Waals surface area (Å²) in [5.41, 5.74) is 1.29. The molecule has 0 spiro atoms. The SMILES string of the molecule is O=C1CS[C@H](c2cccc(NS(=O)(=O)c3ccc(Cl)cc3)c2)N1. The van der Waals surface area contributed by atoms with Crippen molar-refractivity contribution in [1.82, 2.24) is 5.32 Å². The summed E-state index contributed by atoms with van der Waals surface area (Å²) >= 11 is 7.25. The van der Waals surface area contributed by atoms with E-state index in [9.17, 15) is 13.2 Å². The molecule has 120 valence electrons. The number of sulfonamides is 1. The molecule has 2 N–H and O–H groups in total. The largest absolute Gasteiger partial charge is 0.339 e. The Hall–Kier alpha value is -1.70. The van der Waals surface area contributed by atoms with Gasteiger partial charge < -0.3 is 5.32 Å². The van der Waals surface area contributed by atoms with Crippen LogP contribution in [0.5, 0.6) is 0 Å². The molecule has 0 aliphatic carbocycles. The minimum absolute atomic E-state index is 0.0212. The van der Waals surface area contributed by atoms with Crippen molar-refractivity contribution in [3.63, 3.8) is 0 Å². The molecule has 0 bridgehead atoms. The number of nitrogens with one attached hydrogen (secondary N) is 2. The van der Waals surface area contributed by atoms with Gasteiger partial charge in [0.15, 0.2) is 0 Å². The lowest BCUT2D eigenvalue weighted by atomic mass is 10.2. The molecule has 1 saturated heterocycles. The third-order valence-corrected chi connectivity index (χ3v) is 6.04. The molecule has 0 radical (unpaired) electrons. The molecule has 1 aliphatic rings. The number of halogens is 1. The summed E-state index contributed by atoms with van der Waals surface area (Å²) < 4.78 is 27.3. The fraction of sp³-hybridized carbons (Fsp3) is 0.133. The molecule has 0 aromatic heterocycles. The highest BCUT2D eigenvalue weighted by Gasteiger charge is 2.23. The number of hydrogen-bond donors (Lipinski definition) is 2. The van der Waals surface area contributed by atoms with Crippen LogP contribution >= 0.6 is 23.4 Å². The van der Waals surface area contributed by atoms with Gasteiger partial charge in [0, 0.05) is 10.7 Å². The number of hydrogen-bond acceptors (Lipinski definition) is 4. The second-order valence-electron chi connectivity index (χ2n) is 4.94. The zero-order chi connectivity index (χ0) is 16.4. The summed E-state index contributed by atoms with van der Waals surface area (Å²) in [6.45, 7) is 0. The van der Waals surface area contributed by atoms with Gasteiger partial charge in [-0.1, -0.05) is 23.7 Å². The van der Waals surface area contributed by atoms with Gasteiger partial charge in [-0.2, -0.15) is 0 Å². The molecule has 2 aromatic carbocycles. The number of rotatable bonds is 4. The summed E-state index contributed by atoms with van der Waals surface area (Å²) in [4.78, 5) is 11.4. The Morgan fingerprint density at radius 1 is 1.17 bits per heavy atom. The van der Waals surface area contributed by atoms with Crippen LogP contribution in [0.25, 0.3) is 0 Å². The molecule has 1 atom stereocenters. The fourth-order valence-corrected chi connectivity index (χ4v) is 4.29. The second kappa shape index (κ2) is 6.43. The number of carbonyl (C=O) groups excluding carboxylic acids is 1. The third-order valence-electron chi connectivity index (χ3n) is 3.24. The van der Waals surface area contributed by atoms with E-state index in [-0.39, 0.29) is 16.2 Å². The highest BCUT2D eigenvalue weighted by atomic mass is 35.5. The number of carbonyl (C=O) groups is 1. The Balaban J connectivity index is 1.82. The van der Waals surface area contributed by atoms with Crippen LogP contribution in [0, 0.1) is 0 Å². The fourth-order valence-electron chi connectivity index (χ4n) is 2.16.